The summed E-state index contributed by atoms with van der Waals surface area (Å²) in [5.41, 5.74) is 0.597. The van der Waals surface area contributed by atoms with Crippen molar-refractivity contribution in [3.05, 3.63) is 77.8 Å². The average molecular weight is 477 g/mol. The van der Waals surface area contributed by atoms with Crippen LogP contribution in [0.15, 0.2) is 87.5 Å². The SMILES string of the molecule is COc1ccc(S(=O)(=O)N[C@H](C)C(=O)Nc2ccccc2Sc2ccccc2)cc1Cl. The summed E-state index contributed by atoms with van der Waals surface area (Å²) in [6, 6.07) is 20.2. The van der Waals surface area contributed by atoms with Gasteiger partial charge in [0.15, 0.2) is 0 Å². The Bertz CT molecular complexity index is 1170. The molecule has 0 aliphatic rings. The molecule has 0 unspecified atom stereocenters. The molecule has 0 saturated carbocycles. The number of hydrogen-bond acceptors (Lipinski definition) is 5. The molecule has 2 N–H and O–H groups in total. The Kier molecular flexibility index (Phi) is 7.61. The number of para-hydroxylation sites is 1. The van der Waals surface area contributed by atoms with E-state index in [1.165, 1.54) is 44.0 Å². The predicted octanol–water partition coefficient (Wildman–Crippen LogP) is 4.81. The first-order valence-corrected chi connectivity index (χ1v) is 12.0. The summed E-state index contributed by atoms with van der Waals surface area (Å²) in [5, 5.41) is 2.96. The first-order chi connectivity index (χ1) is 14.8. The third kappa shape index (κ3) is 6.01. The van der Waals surface area contributed by atoms with E-state index in [9.17, 15) is 13.2 Å². The number of hydrogen-bond donors (Lipinski definition) is 2. The molecule has 0 fully saturated rings. The molecular formula is C22H21ClN2O4S2. The van der Waals surface area contributed by atoms with Gasteiger partial charge in [-0.05, 0) is 49.4 Å². The Morgan fingerprint density at radius 2 is 1.71 bits per heavy atom. The van der Waals surface area contributed by atoms with Crippen molar-refractivity contribution in [2.24, 2.45) is 0 Å². The average Bonchev–Trinajstić information content (AvgIpc) is 2.75. The molecule has 0 saturated heterocycles. The molecule has 6 nitrogen and oxygen atoms in total. The van der Waals surface area contributed by atoms with Gasteiger partial charge in [0.2, 0.25) is 15.9 Å². The maximum absolute atomic E-state index is 12.7. The highest BCUT2D eigenvalue weighted by Gasteiger charge is 2.23. The standard InChI is InChI=1S/C22H21ClN2O4S2/c1-15(25-31(27,28)17-12-13-20(29-2)18(23)14-17)22(26)24-19-10-6-7-11-21(19)30-16-8-4-3-5-9-16/h3-15,25H,1-2H3,(H,24,26)/t15-/m1/s1. The smallest absolute Gasteiger partial charge is 0.242 e. The summed E-state index contributed by atoms with van der Waals surface area (Å²) in [5.74, 6) is -0.122. The number of nitrogens with one attached hydrogen (secondary N) is 2. The van der Waals surface area contributed by atoms with Crippen molar-refractivity contribution in [1.29, 1.82) is 0 Å². The Morgan fingerprint density at radius 1 is 1.03 bits per heavy atom. The van der Waals surface area contributed by atoms with Crippen LogP contribution in [0.4, 0.5) is 5.69 Å². The lowest BCUT2D eigenvalue weighted by Gasteiger charge is -2.16. The summed E-state index contributed by atoms with van der Waals surface area (Å²) in [6.45, 7) is 1.48. The van der Waals surface area contributed by atoms with Crippen molar-refractivity contribution in [1.82, 2.24) is 4.72 Å². The second-order valence-electron chi connectivity index (χ2n) is 6.54. The third-order valence-electron chi connectivity index (χ3n) is 4.27. The highest BCUT2D eigenvalue weighted by atomic mass is 35.5. The maximum Gasteiger partial charge on any atom is 0.242 e. The van der Waals surface area contributed by atoms with Gasteiger partial charge in [-0.25, -0.2) is 8.42 Å². The molecule has 0 heterocycles. The molecule has 0 spiro atoms. The summed E-state index contributed by atoms with van der Waals surface area (Å²) in [4.78, 5) is 14.5. The van der Waals surface area contributed by atoms with E-state index in [0.29, 0.717) is 11.4 Å². The van der Waals surface area contributed by atoms with Gasteiger partial charge >= 0.3 is 0 Å². The molecule has 0 radical (unpaired) electrons. The van der Waals surface area contributed by atoms with Crippen LogP contribution in [0.5, 0.6) is 5.75 Å². The van der Waals surface area contributed by atoms with Gasteiger partial charge in [-0.3, -0.25) is 4.79 Å². The Labute approximate surface area is 191 Å². The van der Waals surface area contributed by atoms with Crippen molar-refractivity contribution in [3.63, 3.8) is 0 Å². The number of halogens is 1. The number of anilines is 1. The quantitative estimate of drug-likeness (QED) is 0.487. The summed E-state index contributed by atoms with van der Waals surface area (Å²) < 4.78 is 32.7. The van der Waals surface area contributed by atoms with E-state index in [4.69, 9.17) is 16.3 Å². The minimum absolute atomic E-state index is 0.0574. The van der Waals surface area contributed by atoms with Crippen LogP contribution < -0.4 is 14.8 Å². The first kappa shape index (κ1) is 23.1. The van der Waals surface area contributed by atoms with Crippen LogP contribution in [0.3, 0.4) is 0 Å². The van der Waals surface area contributed by atoms with Crippen LogP contribution in [0.25, 0.3) is 0 Å². The molecule has 3 rings (SSSR count). The fourth-order valence-electron chi connectivity index (χ4n) is 2.68. The lowest BCUT2D eigenvalue weighted by Crippen LogP contribution is -2.41. The summed E-state index contributed by atoms with van der Waals surface area (Å²) >= 11 is 7.53. The topological polar surface area (TPSA) is 84.5 Å². The van der Waals surface area contributed by atoms with Gasteiger partial charge in [0.05, 0.1) is 28.8 Å². The number of carbonyl (C=O) groups is 1. The lowest BCUT2D eigenvalue weighted by atomic mass is 10.3. The van der Waals surface area contributed by atoms with Crippen molar-refractivity contribution in [2.45, 2.75) is 27.7 Å². The van der Waals surface area contributed by atoms with Crippen LogP contribution in [-0.2, 0) is 14.8 Å². The van der Waals surface area contributed by atoms with E-state index < -0.39 is 22.0 Å². The second kappa shape index (κ2) is 10.2. The van der Waals surface area contributed by atoms with Gasteiger partial charge < -0.3 is 10.1 Å². The van der Waals surface area contributed by atoms with Gasteiger partial charge in [0, 0.05) is 9.79 Å². The van der Waals surface area contributed by atoms with Crippen LogP contribution in [0.1, 0.15) is 6.92 Å². The molecular weight excluding hydrogens is 456 g/mol. The van der Waals surface area contributed by atoms with Crippen molar-refractivity contribution in [3.8, 4) is 5.75 Å². The third-order valence-corrected chi connectivity index (χ3v) is 7.19. The number of ether oxygens (including phenoxy) is 1. The Morgan fingerprint density at radius 3 is 2.39 bits per heavy atom. The van der Waals surface area contributed by atoms with Gasteiger partial charge in [-0.2, -0.15) is 4.72 Å². The molecule has 0 aliphatic carbocycles. The zero-order chi connectivity index (χ0) is 22.4. The molecule has 1 amide bonds. The molecule has 1 atom stereocenters. The number of sulfonamides is 1. The minimum atomic E-state index is -3.96. The zero-order valence-electron chi connectivity index (χ0n) is 16.8. The van der Waals surface area contributed by atoms with Crippen molar-refractivity contribution in [2.75, 3.05) is 12.4 Å². The van der Waals surface area contributed by atoms with Crippen LogP contribution in [0.2, 0.25) is 5.02 Å². The first-order valence-electron chi connectivity index (χ1n) is 9.29. The minimum Gasteiger partial charge on any atom is -0.495 e. The summed E-state index contributed by atoms with van der Waals surface area (Å²) in [6.07, 6.45) is 0. The van der Waals surface area contributed by atoms with Gasteiger partial charge in [0.1, 0.15) is 5.75 Å². The maximum atomic E-state index is 12.7. The van der Waals surface area contributed by atoms with Crippen molar-refractivity contribution >= 4 is 45.0 Å². The van der Waals surface area contributed by atoms with Gasteiger partial charge in [-0.1, -0.05) is 53.7 Å². The number of benzene rings is 3. The number of amides is 1. The predicted molar refractivity (Wildman–Crippen MR) is 123 cm³/mol. The number of carbonyl (C=O) groups excluding carboxylic acids is 1. The van der Waals surface area contributed by atoms with Crippen molar-refractivity contribution < 1.29 is 17.9 Å². The van der Waals surface area contributed by atoms with E-state index in [1.54, 1.807) is 12.1 Å². The molecule has 9 heteroatoms. The summed E-state index contributed by atoms with van der Waals surface area (Å²) in [7, 11) is -2.52. The highest BCUT2D eigenvalue weighted by molar-refractivity contribution is 7.99. The van der Waals surface area contributed by atoms with Crippen LogP contribution in [0, 0.1) is 0 Å². The molecule has 162 valence electrons. The van der Waals surface area contributed by atoms with E-state index in [2.05, 4.69) is 10.0 Å². The fourth-order valence-corrected chi connectivity index (χ4v) is 5.16. The monoisotopic (exact) mass is 476 g/mol. The second-order valence-corrected chi connectivity index (χ2v) is 9.78. The van der Waals surface area contributed by atoms with Gasteiger partial charge in [0.25, 0.3) is 0 Å². The molecule has 3 aromatic rings. The Hall–Kier alpha value is -2.52. The Balaban J connectivity index is 1.72. The normalized spacial score (nSPS) is 12.2. The van der Waals surface area contributed by atoms with E-state index in [0.717, 1.165) is 9.79 Å². The fraction of sp³-hybridized carbons (Fsp3) is 0.136. The molecule has 0 aromatic heterocycles. The molecule has 31 heavy (non-hydrogen) atoms. The molecule has 0 aliphatic heterocycles. The number of rotatable bonds is 8. The van der Waals surface area contributed by atoms with E-state index in [-0.39, 0.29) is 9.92 Å². The van der Waals surface area contributed by atoms with Gasteiger partial charge in [-0.15, -0.1) is 0 Å². The molecule has 3 aromatic carbocycles. The zero-order valence-corrected chi connectivity index (χ0v) is 19.2. The van der Waals surface area contributed by atoms with E-state index >= 15 is 0 Å². The van der Waals surface area contributed by atoms with Crippen LogP contribution in [-0.4, -0.2) is 27.5 Å². The number of methoxy groups -OCH3 is 1. The van der Waals surface area contributed by atoms with Crippen LogP contribution >= 0.6 is 23.4 Å². The highest BCUT2D eigenvalue weighted by Crippen LogP contribution is 2.33. The largest absolute Gasteiger partial charge is 0.495 e. The lowest BCUT2D eigenvalue weighted by molar-refractivity contribution is -0.117. The van der Waals surface area contributed by atoms with E-state index in [1.807, 2.05) is 42.5 Å². The molecule has 0 bridgehead atoms.